The van der Waals surface area contributed by atoms with Crippen LogP contribution in [0.2, 0.25) is 0 Å². The molecule has 9 aliphatic rings. The lowest BCUT2D eigenvalue weighted by Gasteiger charge is -2.41. The van der Waals surface area contributed by atoms with Gasteiger partial charge in [-0.3, -0.25) is 0 Å². The zero-order valence-corrected chi connectivity index (χ0v) is 38.5. The van der Waals surface area contributed by atoms with E-state index in [2.05, 4.69) is 218 Å². The minimum absolute atomic E-state index is 0.183. The van der Waals surface area contributed by atoms with Crippen LogP contribution >= 0.6 is 0 Å². The Kier molecular flexibility index (Phi) is 7.36. The van der Waals surface area contributed by atoms with Gasteiger partial charge in [-0.05, 0) is 168 Å². The summed E-state index contributed by atoms with van der Waals surface area (Å²) < 4.78 is 0. The van der Waals surface area contributed by atoms with E-state index >= 15 is 0 Å². The fourth-order valence-electron chi connectivity index (χ4n) is 15.2. The molecule has 9 aliphatic carbocycles. The Hall–Kier alpha value is -8.32. The summed E-state index contributed by atoms with van der Waals surface area (Å²) in [5.74, 6) is 0.980. The lowest BCUT2D eigenvalue weighted by molar-refractivity contribution is 0.688. The predicted octanol–water partition coefficient (Wildman–Crippen LogP) is 15.8. The van der Waals surface area contributed by atoms with Crippen LogP contribution in [0.5, 0.6) is 0 Å². The fourth-order valence-corrected chi connectivity index (χ4v) is 15.2. The van der Waals surface area contributed by atoms with Crippen LogP contribution in [0, 0.1) is 23.7 Å². The van der Waals surface area contributed by atoms with E-state index in [0.29, 0.717) is 5.92 Å². The monoisotopic (exact) mass is 884 g/mol. The summed E-state index contributed by atoms with van der Waals surface area (Å²) in [7, 11) is 0. The maximum Gasteiger partial charge on any atom is 0.0212 e. The molecular formula is C70H44. The summed E-state index contributed by atoms with van der Waals surface area (Å²) >= 11 is 0. The lowest BCUT2D eigenvalue weighted by Crippen LogP contribution is -2.41. The Bertz CT molecular complexity index is 4180. The first-order chi connectivity index (χ1) is 34.8. The molecule has 0 fully saturated rings. The third kappa shape index (κ3) is 4.63. The Morgan fingerprint density at radius 1 is 0.271 bits per heavy atom. The summed E-state index contributed by atoms with van der Waals surface area (Å²) in [4.78, 5) is 0. The second-order valence-corrected chi connectivity index (χ2v) is 20.6. The van der Waals surface area contributed by atoms with Gasteiger partial charge in [0.15, 0.2) is 0 Å². The van der Waals surface area contributed by atoms with Crippen molar-refractivity contribution in [2.45, 2.75) is 12.8 Å². The normalized spacial score (nSPS) is 21.4. The number of benzene rings is 8. The van der Waals surface area contributed by atoms with Crippen molar-refractivity contribution >= 4 is 49.8 Å². The molecule has 0 heterocycles. The number of hydrogen-bond donors (Lipinski definition) is 0. The molecule has 70 heavy (non-hydrogen) atoms. The first-order valence-corrected chi connectivity index (χ1v) is 25.4. The van der Waals surface area contributed by atoms with E-state index in [1.165, 1.54) is 144 Å². The van der Waals surface area contributed by atoms with Gasteiger partial charge in [0.25, 0.3) is 0 Å². The van der Waals surface area contributed by atoms with E-state index in [9.17, 15) is 0 Å². The van der Waals surface area contributed by atoms with Crippen molar-refractivity contribution in [1.29, 1.82) is 0 Å². The first-order valence-electron chi connectivity index (χ1n) is 25.4. The van der Waals surface area contributed by atoms with Gasteiger partial charge in [-0.1, -0.05) is 218 Å². The van der Waals surface area contributed by atoms with E-state index in [1.54, 1.807) is 11.1 Å². The molecule has 0 aliphatic heterocycles. The van der Waals surface area contributed by atoms with E-state index in [4.69, 9.17) is 0 Å². The minimum Gasteiger partial charge on any atom is -0.0767 e. The Morgan fingerprint density at radius 3 is 1.17 bits per heavy atom. The molecule has 0 heteroatoms. The predicted molar refractivity (Wildman–Crippen MR) is 292 cm³/mol. The number of rotatable bonds is 4. The van der Waals surface area contributed by atoms with Gasteiger partial charge in [-0.15, -0.1) is 0 Å². The number of fused-ring (bicyclic) bond motifs is 12. The average Bonchev–Trinajstić information content (AvgIpc) is 4.07. The molecule has 17 rings (SSSR count). The molecule has 4 atom stereocenters. The van der Waals surface area contributed by atoms with Gasteiger partial charge in [0.1, 0.15) is 0 Å². The molecular weight excluding hydrogens is 841 g/mol. The third-order valence-corrected chi connectivity index (χ3v) is 17.6. The van der Waals surface area contributed by atoms with Crippen molar-refractivity contribution in [3.8, 4) is 55.6 Å². The van der Waals surface area contributed by atoms with Gasteiger partial charge in [0.05, 0.1) is 0 Å². The van der Waals surface area contributed by atoms with Crippen LogP contribution in [0.4, 0.5) is 0 Å². The topological polar surface area (TPSA) is 0 Å². The summed E-state index contributed by atoms with van der Waals surface area (Å²) in [5, 5.41) is 5.70. The molecule has 0 saturated heterocycles. The highest BCUT2D eigenvalue weighted by Crippen LogP contribution is 2.68. The molecule has 0 radical (unpaired) electrons. The average molecular weight is 885 g/mol. The molecule has 0 spiro atoms. The van der Waals surface area contributed by atoms with E-state index in [-0.39, 0.29) is 17.8 Å². The Labute approximate surface area is 407 Å². The van der Waals surface area contributed by atoms with Crippen molar-refractivity contribution in [2.75, 3.05) is 0 Å². The highest BCUT2D eigenvalue weighted by atomic mass is 14.5. The molecule has 0 saturated carbocycles. The first kappa shape index (κ1) is 37.6. The smallest absolute Gasteiger partial charge is 0.0212 e. The zero-order chi connectivity index (χ0) is 45.3. The zero-order valence-electron chi connectivity index (χ0n) is 38.5. The van der Waals surface area contributed by atoms with Crippen molar-refractivity contribution in [1.82, 2.24) is 0 Å². The quantitative estimate of drug-likeness (QED) is 0.165. The van der Waals surface area contributed by atoms with Crippen LogP contribution in [0.3, 0.4) is 0 Å². The van der Waals surface area contributed by atoms with Crippen LogP contribution in [0.25, 0.3) is 105 Å². The van der Waals surface area contributed by atoms with Crippen LogP contribution in [-0.4, -0.2) is 0 Å². The molecule has 8 aromatic rings. The van der Waals surface area contributed by atoms with Gasteiger partial charge < -0.3 is 0 Å². The summed E-state index contributed by atoms with van der Waals surface area (Å²) in [6.45, 7) is 0. The van der Waals surface area contributed by atoms with Crippen molar-refractivity contribution in [3.05, 3.63) is 268 Å². The minimum atomic E-state index is 0.183. The SMILES string of the molecule is C1=CC2C=CC=C3c4c(c(-c5ccccc5)c5c(-c6ccccc6)c6c(c(-c7ccccc7)c5c4-c4ccccc4)C4=CC=C5c7ccc8c9c7=C(CCC=9c7ccccc7-8)C7=CC=C6C4C75)C(=C1)C32. The van der Waals surface area contributed by atoms with Crippen LogP contribution in [-0.2, 0) is 0 Å². The lowest BCUT2D eigenvalue weighted by atomic mass is 9.62. The summed E-state index contributed by atoms with van der Waals surface area (Å²) in [5.41, 5.74) is 33.7. The fraction of sp³-hybridized carbons (Fsp3) is 0.0857. The Morgan fingerprint density at radius 2 is 0.657 bits per heavy atom. The number of allylic oxidation sites excluding steroid dienone is 16. The molecule has 4 unspecified atom stereocenters. The van der Waals surface area contributed by atoms with Gasteiger partial charge in [0, 0.05) is 23.7 Å². The standard InChI is InChI=1S/C70H44/c1-5-17-40(18-6-1)57-65-52-29-15-25-39-26-16-30-53(56(39)52)66(65)58(41-19-7-2-8-20-41)70-60(43-23-11-4-12-24-43)68-55-38-36-51-49-34-32-47-45-28-14-13-27-44(45)46-31-33-48(62(49)61(46)47)50-35-37-54(64(55)63(50)51)67(68)59(69(57)70)42-21-9-3-10-22-42/h1-31,33,35-39,56,63-64H,32,34H2. The van der Waals surface area contributed by atoms with E-state index in [1.807, 2.05) is 0 Å². The van der Waals surface area contributed by atoms with Crippen molar-refractivity contribution in [3.63, 3.8) is 0 Å². The van der Waals surface area contributed by atoms with Crippen LogP contribution < -0.4 is 10.4 Å². The highest BCUT2D eigenvalue weighted by molar-refractivity contribution is 6.29. The van der Waals surface area contributed by atoms with Gasteiger partial charge in [-0.2, -0.15) is 0 Å². The van der Waals surface area contributed by atoms with Crippen LogP contribution in [0.1, 0.15) is 46.2 Å². The second-order valence-electron chi connectivity index (χ2n) is 20.6. The van der Waals surface area contributed by atoms with E-state index in [0.717, 1.165) is 12.8 Å². The number of hydrogen-bond acceptors (Lipinski definition) is 0. The molecule has 8 aromatic carbocycles. The van der Waals surface area contributed by atoms with Crippen molar-refractivity contribution < 1.29 is 0 Å². The molecule has 324 valence electrons. The van der Waals surface area contributed by atoms with Gasteiger partial charge >= 0.3 is 0 Å². The maximum absolute atomic E-state index is 2.58. The summed E-state index contributed by atoms with van der Waals surface area (Å²) in [6, 6.07) is 59.8. The highest BCUT2D eigenvalue weighted by Gasteiger charge is 2.50. The summed E-state index contributed by atoms with van der Waals surface area (Å²) in [6.07, 6.45) is 26.8. The molecule has 0 N–H and O–H groups in total. The van der Waals surface area contributed by atoms with Crippen LogP contribution in [0.15, 0.2) is 224 Å². The third-order valence-electron chi connectivity index (χ3n) is 17.6. The molecule has 0 aromatic heterocycles. The van der Waals surface area contributed by atoms with E-state index < -0.39 is 0 Å². The molecule has 0 amide bonds. The molecule has 0 bridgehead atoms. The maximum atomic E-state index is 2.58. The molecule has 0 nitrogen and oxygen atoms in total. The van der Waals surface area contributed by atoms with Gasteiger partial charge in [0.2, 0.25) is 0 Å². The largest absolute Gasteiger partial charge is 0.0767 e. The van der Waals surface area contributed by atoms with Gasteiger partial charge in [-0.25, -0.2) is 0 Å². The second kappa shape index (κ2) is 13.7. The van der Waals surface area contributed by atoms with Crippen molar-refractivity contribution in [2.24, 2.45) is 23.7 Å². The Balaban J connectivity index is 1.09.